The molecule has 0 bridgehead atoms. The Morgan fingerprint density at radius 1 is 1.41 bits per heavy atom. The number of nitrogens with one attached hydrogen (secondary N) is 1. The summed E-state index contributed by atoms with van der Waals surface area (Å²) in [4.78, 5) is 4.24. The van der Waals surface area contributed by atoms with Crippen LogP contribution in [0.5, 0.6) is 5.88 Å². The van der Waals surface area contributed by atoms with Crippen LogP contribution in [0.15, 0.2) is 18.3 Å². The lowest BCUT2D eigenvalue weighted by atomic mass is 10.2. The van der Waals surface area contributed by atoms with Crippen molar-refractivity contribution < 1.29 is 9.47 Å². The van der Waals surface area contributed by atoms with E-state index in [9.17, 15) is 0 Å². The van der Waals surface area contributed by atoms with Crippen LogP contribution in [0.1, 0.15) is 26.3 Å². The summed E-state index contributed by atoms with van der Waals surface area (Å²) in [6.45, 7) is 9.08. The third-order valence-electron chi connectivity index (χ3n) is 2.14. The maximum atomic E-state index is 5.64. The van der Waals surface area contributed by atoms with E-state index < -0.39 is 0 Å². The van der Waals surface area contributed by atoms with Crippen molar-refractivity contribution in [1.29, 1.82) is 0 Å². The molecule has 0 aromatic carbocycles. The SMILES string of the molecule is CCOCCNCc1cccnc1OC(C)C. The molecule has 96 valence electrons. The topological polar surface area (TPSA) is 43.4 Å². The van der Waals surface area contributed by atoms with Gasteiger partial charge in [-0.05, 0) is 26.8 Å². The van der Waals surface area contributed by atoms with Crippen molar-refractivity contribution in [2.75, 3.05) is 19.8 Å². The first-order valence-electron chi connectivity index (χ1n) is 6.13. The molecule has 0 radical (unpaired) electrons. The number of pyridine rings is 1. The molecule has 1 rings (SSSR count). The third-order valence-corrected chi connectivity index (χ3v) is 2.14. The first-order valence-corrected chi connectivity index (χ1v) is 6.13. The highest BCUT2D eigenvalue weighted by Crippen LogP contribution is 2.15. The Kier molecular flexibility index (Phi) is 6.58. The molecule has 0 fully saturated rings. The van der Waals surface area contributed by atoms with Gasteiger partial charge in [-0.25, -0.2) is 4.98 Å². The van der Waals surface area contributed by atoms with Crippen LogP contribution in [-0.2, 0) is 11.3 Å². The molecular formula is C13H22N2O2. The molecule has 1 heterocycles. The molecule has 4 nitrogen and oxygen atoms in total. The molecule has 0 saturated heterocycles. The Morgan fingerprint density at radius 3 is 2.94 bits per heavy atom. The summed E-state index contributed by atoms with van der Waals surface area (Å²) in [5.74, 6) is 0.714. The summed E-state index contributed by atoms with van der Waals surface area (Å²) in [6.07, 6.45) is 1.90. The van der Waals surface area contributed by atoms with Crippen LogP contribution < -0.4 is 10.1 Å². The maximum absolute atomic E-state index is 5.64. The fourth-order valence-corrected chi connectivity index (χ4v) is 1.40. The second-order valence-electron chi connectivity index (χ2n) is 4.01. The average Bonchev–Trinajstić information content (AvgIpc) is 2.30. The van der Waals surface area contributed by atoms with Crippen molar-refractivity contribution in [3.63, 3.8) is 0 Å². The molecule has 0 saturated carbocycles. The van der Waals surface area contributed by atoms with Gasteiger partial charge in [-0.1, -0.05) is 6.07 Å². The second-order valence-corrected chi connectivity index (χ2v) is 4.01. The molecular weight excluding hydrogens is 216 g/mol. The van der Waals surface area contributed by atoms with Crippen LogP contribution in [0, 0.1) is 0 Å². The van der Waals surface area contributed by atoms with Gasteiger partial charge in [0.05, 0.1) is 12.7 Å². The van der Waals surface area contributed by atoms with Crippen LogP contribution in [0.25, 0.3) is 0 Å². The van der Waals surface area contributed by atoms with Gasteiger partial charge >= 0.3 is 0 Å². The molecule has 4 heteroatoms. The molecule has 0 aliphatic heterocycles. The summed E-state index contributed by atoms with van der Waals surface area (Å²) >= 11 is 0. The molecule has 0 spiro atoms. The Labute approximate surface area is 103 Å². The number of aromatic nitrogens is 1. The fraction of sp³-hybridized carbons (Fsp3) is 0.615. The summed E-state index contributed by atoms with van der Waals surface area (Å²) in [6, 6.07) is 3.95. The zero-order valence-electron chi connectivity index (χ0n) is 10.9. The normalized spacial score (nSPS) is 10.8. The van der Waals surface area contributed by atoms with E-state index in [0.29, 0.717) is 5.88 Å². The van der Waals surface area contributed by atoms with E-state index >= 15 is 0 Å². The molecule has 1 aromatic rings. The van der Waals surface area contributed by atoms with E-state index in [1.54, 1.807) is 6.20 Å². The van der Waals surface area contributed by atoms with Crippen LogP contribution in [0.3, 0.4) is 0 Å². The number of ether oxygens (including phenoxy) is 2. The number of rotatable bonds is 8. The zero-order chi connectivity index (χ0) is 12.5. The standard InChI is InChI=1S/C13H22N2O2/c1-4-16-9-8-14-10-12-6-5-7-15-13(12)17-11(2)3/h5-7,11,14H,4,8-10H2,1-3H3. The van der Waals surface area contributed by atoms with Crippen LogP contribution in [0.2, 0.25) is 0 Å². The van der Waals surface area contributed by atoms with E-state index in [1.807, 2.05) is 32.9 Å². The van der Waals surface area contributed by atoms with E-state index in [-0.39, 0.29) is 6.10 Å². The third kappa shape index (κ3) is 5.65. The predicted octanol–water partition coefficient (Wildman–Crippen LogP) is 1.99. The van der Waals surface area contributed by atoms with Crippen molar-refractivity contribution in [2.45, 2.75) is 33.4 Å². The lowest BCUT2D eigenvalue weighted by molar-refractivity contribution is 0.149. The van der Waals surface area contributed by atoms with Crippen LogP contribution >= 0.6 is 0 Å². The Bertz CT molecular complexity index is 316. The first kappa shape index (κ1) is 13.9. The molecule has 1 N–H and O–H groups in total. The van der Waals surface area contributed by atoms with Crippen molar-refractivity contribution >= 4 is 0 Å². The van der Waals surface area contributed by atoms with Gasteiger partial charge in [-0.3, -0.25) is 0 Å². The minimum absolute atomic E-state index is 0.145. The molecule has 0 aliphatic rings. The quantitative estimate of drug-likeness (QED) is 0.703. The van der Waals surface area contributed by atoms with Crippen molar-refractivity contribution in [1.82, 2.24) is 10.3 Å². The second kappa shape index (κ2) is 8.03. The molecule has 0 atom stereocenters. The number of hydrogen-bond acceptors (Lipinski definition) is 4. The van der Waals surface area contributed by atoms with E-state index in [0.717, 1.165) is 31.9 Å². The molecule has 17 heavy (non-hydrogen) atoms. The van der Waals surface area contributed by atoms with Gasteiger partial charge in [0.2, 0.25) is 5.88 Å². The first-order chi connectivity index (χ1) is 8.24. The molecule has 0 unspecified atom stereocenters. The Balaban J connectivity index is 2.40. The van der Waals surface area contributed by atoms with Gasteiger partial charge in [-0.15, -0.1) is 0 Å². The monoisotopic (exact) mass is 238 g/mol. The summed E-state index contributed by atoms with van der Waals surface area (Å²) in [7, 11) is 0. The van der Waals surface area contributed by atoms with Crippen LogP contribution in [0.4, 0.5) is 0 Å². The van der Waals surface area contributed by atoms with E-state index in [1.165, 1.54) is 0 Å². The number of hydrogen-bond donors (Lipinski definition) is 1. The van der Waals surface area contributed by atoms with Gasteiger partial charge in [0.15, 0.2) is 0 Å². The van der Waals surface area contributed by atoms with Crippen molar-refractivity contribution in [3.05, 3.63) is 23.9 Å². The smallest absolute Gasteiger partial charge is 0.218 e. The van der Waals surface area contributed by atoms with Crippen molar-refractivity contribution in [2.24, 2.45) is 0 Å². The molecule has 0 aliphatic carbocycles. The Hall–Kier alpha value is -1.13. The van der Waals surface area contributed by atoms with Crippen LogP contribution in [-0.4, -0.2) is 30.8 Å². The number of nitrogens with zero attached hydrogens (tertiary/aromatic N) is 1. The van der Waals surface area contributed by atoms with Crippen molar-refractivity contribution in [3.8, 4) is 5.88 Å². The highest BCUT2D eigenvalue weighted by atomic mass is 16.5. The van der Waals surface area contributed by atoms with E-state index in [2.05, 4.69) is 10.3 Å². The van der Waals surface area contributed by atoms with Gasteiger partial charge in [0.25, 0.3) is 0 Å². The average molecular weight is 238 g/mol. The van der Waals surface area contributed by atoms with Gasteiger partial charge in [0, 0.05) is 31.5 Å². The van der Waals surface area contributed by atoms with Gasteiger partial charge in [-0.2, -0.15) is 0 Å². The Morgan fingerprint density at radius 2 is 2.24 bits per heavy atom. The lowest BCUT2D eigenvalue weighted by Crippen LogP contribution is -2.20. The summed E-state index contributed by atoms with van der Waals surface area (Å²) in [5.41, 5.74) is 1.08. The highest BCUT2D eigenvalue weighted by molar-refractivity contribution is 5.25. The molecule has 0 amide bonds. The van der Waals surface area contributed by atoms with Gasteiger partial charge < -0.3 is 14.8 Å². The zero-order valence-corrected chi connectivity index (χ0v) is 10.9. The largest absolute Gasteiger partial charge is 0.475 e. The van der Waals surface area contributed by atoms with E-state index in [4.69, 9.17) is 9.47 Å². The summed E-state index contributed by atoms with van der Waals surface area (Å²) < 4.78 is 10.9. The molecule has 1 aromatic heterocycles. The predicted molar refractivity (Wildman–Crippen MR) is 68.2 cm³/mol. The minimum Gasteiger partial charge on any atom is -0.475 e. The summed E-state index contributed by atoms with van der Waals surface area (Å²) in [5, 5.41) is 3.31. The fourth-order valence-electron chi connectivity index (χ4n) is 1.40. The minimum atomic E-state index is 0.145. The maximum Gasteiger partial charge on any atom is 0.218 e. The lowest BCUT2D eigenvalue weighted by Gasteiger charge is -2.13. The highest BCUT2D eigenvalue weighted by Gasteiger charge is 2.05. The van der Waals surface area contributed by atoms with Gasteiger partial charge in [0.1, 0.15) is 0 Å².